The second-order valence-electron chi connectivity index (χ2n) is 4.33. The van der Waals surface area contributed by atoms with Crippen LogP contribution >= 0.6 is 0 Å². The number of hydrogen-bond acceptors (Lipinski definition) is 3. The Kier molecular flexibility index (Phi) is 5.95. The van der Waals surface area contributed by atoms with E-state index in [1.54, 1.807) is 11.9 Å². The van der Waals surface area contributed by atoms with Gasteiger partial charge in [0.2, 0.25) is 5.91 Å². The van der Waals surface area contributed by atoms with E-state index in [1.807, 2.05) is 20.8 Å². The fourth-order valence-corrected chi connectivity index (χ4v) is 1.10. The van der Waals surface area contributed by atoms with E-state index >= 15 is 0 Å². The number of amides is 1. The number of carbonyl (C=O) groups is 1. The molecule has 0 aliphatic rings. The van der Waals surface area contributed by atoms with Gasteiger partial charge in [-0.25, -0.2) is 0 Å². The van der Waals surface area contributed by atoms with Crippen molar-refractivity contribution < 1.29 is 4.79 Å². The lowest BCUT2D eigenvalue weighted by atomic mass is 10.0. The normalized spacial score (nSPS) is 14.5. The molecule has 0 aromatic carbocycles. The second-order valence-corrected chi connectivity index (χ2v) is 4.33. The lowest BCUT2D eigenvalue weighted by Gasteiger charge is -2.25. The van der Waals surface area contributed by atoms with Crippen molar-refractivity contribution in [3.05, 3.63) is 0 Å². The van der Waals surface area contributed by atoms with Crippen molar-refractivity contribution in [3.63, 3.8) is 0 Å². The fourth-order valence-electron chi connectivity index (χ4n) is 1.10. The lowest BCUT2D eigenvalue weighted by molar-refractivity contribution is -0.132. The maximum Gasteiger partial charge on any atom is 0.224 e. The van der Waals surface area contributed by atoms with Crippen LogP contribution in [-0.4, -0.2) is 29.9 Å². The zero-order chi connectivity index (χ0) is 12.0. The molecule has 4 heteroatoms. The van der Waals surface area contributed by atoms with Crippen molar-refractivity contribution in [3.8, 4) is 6.07 Å². The predicted octanol–water partition coefficient (Wildman–Crippen LogP) is 1.12. The Morgan fingerprint density at radius 2 is 2.00 bits per heavy atom. The topological polar surface area (TPSA) is 70.1 Å². The molecule has 2 atom stereocenters. The first-order chi connectivity index (χ1) is 6.90. The number of carbonyl (C=O) groups excluding carboxylic acids is 1. The first-order valence-electron chi connectivity index (χ1n) is 5.28. The van der Waals surface area contributed by atoms with Crippen molar-refractivity contribution in [1.29, 1.82) is 5.26 Å². The largest absolute Gasteiger partial charge is 0.342 e. The van der Waals surface area contributed by atoms with Gasteiger partial charge in [-0.3, -0.25) is 4.79 Å². The van der Waals surface area contributed by atoms with Gasteiger partial charge < -0.3 is 10.6 Å². The van der Waals surface area contributed by atoms with Crippen LogP contribution < -0.4 is 5.73 Å². The van der Waals surface area contributed by atoms with E-state index in [2.05, 4.69) is 6.07 Å². The highest BCUT2D eigenvalue weighted by Gasteiger charge is 2.19. The van der Waals surface area contributed by atoms with Crippen LogP contribution in [0, 0.1) is 17.2 Å². The maximum absolute atomic E-state index is 11.7. The summed E-state index contributed by atoms with van der Waals surface area (Å²) in [6.07, 6.45) is 0.711. The molecule has 4 nitrogen and oxygen atoms in total. The molecule has 0 aromatic rings. The average Bonchev–Trinajstić information content (AvgIpc) is 2.16. The van der Waals surface area contributed by atoms with E-state index in [0.29, 0.717) is 18.8 Å². The van der Waals surface area contributed by atoms with Crippen LogP contribution in [0.3, 0.4) is 0 Å². The quantitative estimate of drug-likeness (QED) is 0.740. The van der Waals surface area contributed by atoms with Gasteiger partial charge in [-0.05, 0) is 12.8 Å². The highest BCUT2D eigenvalue weighted by molar-refractivity contribution is 5.76. The molecule has 0 radical (unpaired) electrons. The monoisotopic (exact) mass is 211 g/mol. The van der Waals surface area contributed by atoms with Gasteiger partial charge in [0.1, 0.15) is 0 Å². The number of nitrogens with two attached hydrogens (primary N) is 1. The molecule has 1 amide bonds. The van der Waals surface area contributed by atoms with Gasteiger partial charge in [0, 0.05) is 25.6 Å². The zero-order valence-corrected chi connectivity index (χ0v) is 10.0. The Bertz CT molecular complexity index is 245. The van der Waals surface area contributed by atoms with E-state index < -0.39 is 0 Å². The SMILES string of the molecule is CC(C)C(N)CC(=O)N(C)C(C)CC#N. The Morgan fingerprint density at radius 3 is 2.40 bits per heavy atom. The molecule has 15 heavy (non-hydrogen) atoms. The molecule has 0 aliphatic carbocycles. The van der Waals surface area contributed by atoms with Crippen LogP contribution in [0.4, 0.5) is 0 Å². The summed E-state index contributed by atoms with van der Waals surface area (Å²) >= 11 is 0. The van der Waals surface area contributed by atoms with Crippen molar-refractivity contribution in [2.75, 3.05) is 7.05 Å². The van der Waals surface area contributed by atoms with Crippen LogP contribution in [0.2, 0.25) is 0 Å². The molecule has 0 heterocycles. The molecule has 2 N–H and O–H groups in total. The fraction of sp³-hybridized carbons (Fsp3) is 0.818. The summed E-state index contributed by atoms with van der Waals surface area (Å²) in [5.74, 6) is 0.313. The van der Waals surface area contributed by atoms with Gasteiger partial charge in [-0.2, -0.15) is 5.26 Å². The Morgan fingerprint density at radius 1 is 1.47 bits per heavy atom. The molecule has 0 saturated heterocycles. The minimum absolute atomic E-state index is 0.0129. The third-order valence-electron chi connectivity index (χ3n) is 2.71. The van der Waals surface area contributed by atoms with Crippen molar-refractivity contribution in [2.45, 2.75) is 45.7 Å². The van der Waals surface area contributed by atoms with Gasteiger partial charge in [0.15, 0.2) is 0 Å². The molecule has 86 valence electrons. The zero-order valence-electron chi connectivity index (χ0n) is 10.0. The summed E-state index contributed by atoms with van der Waals surface area (Å²) in [5.41, 5.74) is 5.82. The van der Waals surface area contributed by atoms with Crippen LogP contribution in [0.15, 0.2) is 0 Å². The molecule has 0 bridgehead atoms. The molecule has 0 rings (SSSR count). The van der Waals surface area contributed by atoms with Crippen LogP contribution in [0.1, 0.15) is 33.6 Å². The molecular formula is C11H21N3O. The van der Waals surface area contributed by atoms with E-state index in [0.717, 1.165) is 0 Å². The van der Waals surface area contributed by atoms with Crippen LogP contribution in [0.5, 0.6) is 0 Å². The maximum atomic E-state index is 11.7. The molecule has 2 unspecified atom stereocenters. The van der Waals surface area contributed by atoms with Gasteiger partial charge in [0.05, 0.1) is 12.5 Å². The third-order valence-corrected chi connectivity index (χ3v) is 2.71. The van der Waals surface area contributed by atoms with Gasteiger partial charge in [0.25, 0.3) is 0 Å². The highest BCUT2D eigenvalue weighted by Crippen LogP contribution is 2.08. The van der Waals surface area contributed by atoms with Gasteiger partial charge in [-0.15, -0.1) is 0 Å². The predicted molar refractivity (Wildman–Crippen MR) is 59.9 cm³/mol. The van der Waals surface area contributed by atoms with Crippen LogP contribution in [-0.2, 0) is 4.79 Å². The van der Waals surface area contributed by atoms with Crippen LogP contribution in [0.25, 0.3) is 0 Å². The molecule has 0 fully saturated rings. The summed E-state index contributed by atoms with van der Waals surface area (Å²) in [7, 11) is 1.72. The number of nitrogens with zero attached hydrogens (tertiary/aromatic N) is 2. The van der Waals surface area contributed by atoms with Gasteiger partial charge >= 0.3 is 0 Å². The Hall–Kier alpha value is -1.08. The number of nitriles is 1. The van der Waals surface area contributed by atoms with E-state index in [4.69, 9.17) is 11.0 Å². The van der Waals surface area contributed by atoms with E-state index in [9.17, 15) is 4.79 Å². The summed E-state index contributed by atoms with van der Waals surface area (Å²) in [5, 5.41) is 8.52. The number of rotatable bonds is 5. The summed E-state index contributed by atoms with van der Waals surface area (Å²) < 4.78 is 0. The van der Waals surface area contributed by atoms with Crippen molar-refractivity contribution in [1.82, 2.24) is 4.90 Å². The summed E-state index contributed by atoms with van der Waals surface area (Å²) in [6, 6.07) is 1.91. The molecule has 0 saturated carbocycles. The summed E-state index contributed by atoms with van der Waals surface area (Å²) in [6.45, 7) is 5.86. The minimum atomic E-state index is -0.103. The minimum Gasteiger partial charge on any atom is -0.342 e. The molecule has 0 aliphatic heterocycles. The third kappa shape index (κ3) is 4.80. The van der Waals surface area contributed by atoms with Crippen molar-refractivity contribution in [2.24, 2.45) is 11.7 Å². The van der Waals surface area contributed by atoms with Gasteiger partial charge in [-0.1, -0.05) is 13.8 Å². The Balaban J connectivity index is 4.16. The first kappa shape index (κ1) is 13.9. The summed E-state index contributed by atoms with van der Waals surface area (Å²) in [4.78, 5) is 13.3. The van der Waals surface area contributed by atoms with E-state index in [1.165, 1.54) is 0 Å². The Labute approximate surface area is 92.0 Å². The second kappa shape index (κ2) is 6.41. The lowest BCUT2D eigenvalue weighted by Crippen LogP contribution is -2.40. The smallest absolute Gasteiger partial charge is 0.224 e. The number of hydrogen-bond donors (Lipinski definition) is 1. The molecule has 0 spiro atoms. The first-order valence-corrected chi connectivity index (χ1v) is 5.28. The average molecular weight is 211 g/mol. The highest BCUT2D eigenvalue weighted by atomic mass is 16.2. The standard InChI is InChI=1S/C11H21N3O/c1-8(2)10(13)7-11(15)14(4)9(3)5-6-12/h8-10H,5,7,13H2,1-4H3. The molecule has 0 aromatic heterocycles. The van der Waals surface area contributed by atoms with E-state index in [-0.39, 0.29) is 18.0 Å². The molecular weight excluding hydrogens is 190 g/mol. The van der Waals surface area contributed by atoms with Crippen molar-refractivity contribution >= 4 is 5.91 Å².